The van der Waals surface area contributed by atoms with Crippen LogP contribution in [0.3, 0.4) is 0 Å². The van der Waals surface area contributed by atoms with Crippen LogP contribution in [0.5, 0.6) is 0 Å². The highest BCUT2D eigenvalue weighted by Crippen LogP contribution is 2.29. The first-order chi connectivity index (χ1) is 13.6. The summed E-state index contributed by atoms with van der Waals surface area (Å²) in [5, 5.41) is 16.2. The van der Waals surface area contributed by atoms with Crippen LogP contribution in [-0.2, 0) is 0 Å². The number of amides is 1. The fourth-order valence-electron chi connectivity index (χ4n) is 2.58. The van der Waals surface area contributed by atoms with Crippen molar-refractivity contribution in [2.75, 3.05) is 5.32 Å². The molecule has 0 saturated heterocycles. The zero-order chi connectivity index (χ0) is 19.5. The molecule has 138 valence electrons. The van der Waals surface area contributed by atoms with Crippen molar-refractivity contribution in [1.82, 2.24) is 4.98 Å². The van der Waals surface area contributed by atoms with Gasteiger partial charge in [0.25, 0.3) is 5.91 Å². The van der Waals surface area contributed by atoms with Crippen LogP contribution in [0.1, 0.15) is 10.6 Å². The second-order valence-corrected chi connectivity index (χ2v) is 6.69. The van der Waals surface area contributed by atoms with Crippen molar-refractivity contribution in [3.63, 3.8) is 0 Å². The molecule has 4 aromatic rings. The standard InChI is InChI=1S/C20H13N3O4S/c24-19(17-10-11-18(27-17)23(25)26)21-15-8-6-13(7-9-15)16-12-28-20(22-16)14-4-2-1-3-5-14/h1-12H,(H,21,24). The van der Waals surface area contributed by atoms with Crippen LogP contribution in [0.2, 0.25) is 0 Å². The number of carbonyl (C=O) groups is 1. The van der Waals surface area contributed by atoms with Gasteiger partial charge in [-0.15, -0.1) is 11.3 Å². The average molecular weight is 391 g/mol. The number of nitro groups is 1. The van der Waals surface area contributed by atoms with Gasteiger partial charge in [0.1, 0.15) is 9.93 Å². The SMILES string of the molecule is O=C(Nc1ccc(-c2csc(-c3ccccc3)n2)cc1)c1ccc([N+](=O)[O-])o1. The third-order valence-electron chi connectivity index (χ3n) is 3.96. The molecule has 0 spiro atoms. The number of hydrogen-bond acceptors (Lipinski definition) is 6. The van der Waals surface area contributed by atoms with Crippen LogP contribution in [0.15, 0.2) is 76.5 Å². The quantitative estimate of drug-likeness (QED) is 0.371. The van der Waals surface area contributed by atoms with Crippen LogP contribution in [0.25, 0.3) is 21.8 Å². The van der Waals surface area contributed by atoms with Crippen LogP contribution < -0.4 is 5.32 Å². The van der Waals surface area contributed by atoms with Gasteiger partial charge in [0.05, 0.1) is 11.8 Å². The molecule has 4 rings (SSSR count). The summed E-state index contributed by atoms with van der Waals surface area (Å²) >= 11 is 1.57. The fraction of sp³-hybridized carbons (Fsp3) is 0. The summed E-state index contributed by atoms with van der Waals surface area (Å²) < 4.78 is 4.90. The van der Waals surface area contributed by atoms with E-state index in [9.17, 15) is 14.9 Å². The van der Waals surface area contributed by atoms with E-state index in [1.165, 1.54) is 6.07 Å². The first kappa shape index (κ1) is 17.6. The molecule has 0 unspecified atom stereocenters. The van der Waals surface area contributed by atoms with Gasteiger partial charge in [-0.05, 0) is 18.2 Å². The monoisotopic (exact) mass is 391 g/mol. The summed E-state index contributed by atoms with van der Waals surface area (Å²) in [5.41, 5.74) is 3.38. The number of hydrogen-bond donors (Lipinski definition) is 1. The Balaban J connectivity index is 1.47. The maximum atomic E-state index is 12.1. The Morgan fingerprint density at radius 2 is 1.75 bits per heavy atom. The van der Waals surface area contributed by atoms with Crippen LogP contribution >= 0.6 is 11.3 Å². The zero-order valence-corrected chi connectivity index (χ0v) is 15.2. The van der Waals surface area contributed by atoms with Crippen LogP contribution in [0, 0.1) is 10.1 Å². The first-order valence-corrected chi connectivity index (χ1v) is 9.15. The summed E-state index contributed by atoms with van der Waals surface area (Å²) in [6, 6.07) is 19.5. The fourth-order valence-corrected chi connectivity index (χ4v) is 3.42. The number of anilines is 1. The smallest absolute Gasteiger partial charge is 0.395 e. The van der Waals surface area contributed by atoms with Crippen molar-refractivity contribution in [2.45, 2.75) is 0 Å². The lowest BCUT2D eigenvalue weighted by atomic mass is 10.1. The molecule has 2 aromatic heterocycles. The predicted octanol–water partition coefficient (Wildman–Crippen LogP) is 5.23. The van der Waals surface area contributed by atoms with E-state index in [0.29, 0.717) is 5.69 Å². The van der Waals surface area contributed by atoms with Gasteiger partial charge in [0, 0.05) is 22.2 Å². The van der Waals surface area contributed by atoms with Crippen molar-refractivity contribution < 1.29 is 14.1 Å². The van der Waals surface area contributed by atoms with Crippen LogP contribution in [-0.4, -0.2) is 15.8 Å². The molecule has 7 nitrogen and oxygen atoms in total. The lowest BCUT2D eigenvalue weighted by Gasteiger charge is -2.04. The van der Waals surface area contributed by atoms with Gasteiger partial charge < -0.3 is 9.73 Å². The normalized spacial score (nSPS) is 10.6. The van der Waals surface area contributed by atoms with Crippen molar-refractivity contribution in [3.8, 4) is 21.8 Å². The van der Waals surface area contributed by atoms with Gasteiger partial charge >= 0.3 is 5.88 Å². The second-order valence-electron chi connectivity index (χ2n) is 5.83. The van der Waals surface area contributed by atoms with Crippen molar-refractivity contribution in [3.05, 3.63) is 88.0 Å². The molecular weight excluding hydrogens is 378 g/mol. The van der Waals surface area contributed by atoms with Gasteiger partial charge in [0.15, 0.2) is 5.76 Å². The Kier molecular flexibility index (Phi) is 4.69. The Morgan fingerprint density at radius 3 is 2.43 bits per heavy atom. The Bertz CT molecular complexity index is 1130. The van der Waals surface area contributed by atoms with E-state index in [2.05, 4.69) is 10.3 Å². The maximum Gasteiger partial charge on any atom is 0.433 e. The lowest BCUT2D eigenvalue weighted by Crippen LogP contribution is -2.10. The number of nitrogens with one attached hydrogen (secondary N) is 1. The number of nitrogens with zero attached hydrogens (tertiary/aromatic N) is 2. The number of thiazole rings is 1. The molecule has 0 aliphatic rings. The molecule has 2 heterocycles. The highest BCUT2D eigenvalue weighted by molar-refractivity contribution is 7.13. The van der Waals surface area contributed by atoms with E-state index >= 15 is 0 Å². The molecule has 28 heavy (non-hydrogen) atoms. The lowest BCUT2D eigenvalue weighted by molar-refractivity contribution is -0.402. The van der Waals surface area contributed by atoms with Gasteiger partial charge in [-0.1, -0.05) is 42.5 Å². The Labute approximate surface area is 163 Å². The molecule has 8 heteroatoms. The number of furan rings is 1. The highest BCUT2D eigenvalue weighted by atomic mass is 32.1. The Morgan fingerprint density at radius 1 is 1.00 bits per heavy atom. The van der Waals surface area contributed by atoms with E-state index in [1.54, 1.807) is 23.5 Å². The molecule has 2 aromatic carbocycles. The van der Waals surface area contributed by atoms with E-state index in [-0.39, 0.29) is 5.76 Å². The maximum absolute atomic E-state index is 12.1. The van der Waals surface area contributed by atoms with Crippen molar-refractivity contribution in [1.29, 1.82) is 0 Å². The minimum Gasteiger partial charge on any atom is -0.395 e. The number of carbonyl (C=O) groups excluding carboxylic acids is 1. The summed E-state index contributed by atoms with van der Waals surface area (Å²) in [6.45, 7) is 0. The average Bonchev–Trinajstić information content (AvgIpc) is 3.39. The third-order valence-corrected chi connectivity index (χ3v) is 4.85. The van der Waals surface area contributed by atoms with E-state index in [4.69, 9.17) is 4.42 Å². The van der Waals surface area contributed by atoms with Crippen molar-refractivity contribution >= 4 is 28.8 Å². The second kappa shape index (κ2) is 7.45. The van der Waals surface area contributed by atoms with Crippen molar-refractivity contribution in [2.24, 2.45) is 0 Å². The summed E-state index contributed by atoms with van der Waals surface area (Å²) in [5.74, 6) is -1.15. The largest absolute Gasteiger partial charge is 0.433 e. The molecule has 0 bridgehead atoms. The predicted molar refractivity (Wildman–Crippen MR) is 106 cm³/mol. The summed E-state index contributed by atoms with van der Waals surface area (Å²) in [7, 11) is 0. The van der Waals surface area contributed by atoms with Gasteiger partial charge in [-0.2, -0.15) is 0 Å². The Hall–Kier alpha value is -3.78. The third kappa shape index (κ3) is 3.67. The molecule has 0 aliphatic carbocycles. The molecule has 0 radical (unpaired) electrons. The minimum absolute atomic E-state index is 0.122. The minimum atomic E-state index is -0.691. The van der Waals surface area contributed by atoms with E-state index in [1.807, 2.05) is 47.8 Å². The first-order valence-electron chi connectivity index (χ1n) is 8.27. The number of rotatable bonds is 5. The molecule has 1 N–H and O–H groups in total. The van der Waals surface area contributed by atoms with Gasteiger partial charge in [0.2, 0.25) is 0 Å². The molecule has 0 saturated carbocycles. The van der Waals surface area contributed by atoms with Crippen LogP contribution in [0.4, 0.5) is 11.6 Å². The highest BCUT2D eigenvalue weighted by Gasteiger charge is 2.17. The van der Waals surface area contributed by atoms with E-state index < -0.39 is 16.7 Å². The van der Waals surface area contributed by atoms with Gasteiger partial charge in [-0.25, -0.2) is 4.98 Å². The van der Waals surface area contributed by atoms with Gasteiger partial charge in [-0.3, -0.25) is 14.9 Å². The van der Waals surface area contributed by atoms with E-state index in [0.717, 1.165) is 27.9 Å². The molecule has 1 amide bonds. The molecular formula is C20H13N3O4S. The zero-order valence-electron chi connectivity index (χ0n) is 14.4. The molecule has 0 aliphatic heterocycles. The summed E-state index contributed by atoms with van der Waals surface area (Å²) in [4.78, 5) is 26.7. The summed E-state index contributed by atoms with van der Waals surface area (Å²) in [6.07, 6.45) is 0. The topological polar surface area (TPSA) is 98.3 Å². The molecule has 0 atom stereocenters. The number of benzene rings is 2. The number of aromatic nitrogens is 1. The molecule has 0 fully saturated rings.